The lowest BCUT2D eigenvalue weighted by Crippen LogP contribution is -2.43. The Morgan fingerprint density at radius 1 is 1.25 bits per heavy atom. The molecule has 1 atom stereocenters. The third kappa shape index (κ3) is 3.27. The summed E-state index contributed by atoms with van der Waals surface area (Å²) in [5.41, 5.74) is -0.710. The average Bonchev–Trinajstić information content (AvgIpc) is 3.38. The molecule has 1 fully saturated rings. The number of urea groups is 1. The number of rotatable bonds is 6. The normalized spacial score (nSPS) is 19.2. The number of para-hydroxylation sites is 1. The van der Waals surface area contributed by atoms with Gasteiger partial charge < -0.3 is 15.1 Å². The van der Waals surface area contributed by atoms with E-state index in [1.54, 1.807) is 30.4 Å². The Hall–Kier alpha value is -3.13. The maximum atomic E-state index is 12.9. The van der Waals surface area contributed by atoms with Crippen LogP contribution in [0.4, 0.5) is 4.79 Å². The fourth-order valence-corrected chi connectivity index (χ4v) is 3.92. The van der Waals surface area contributed by atoms with Crippen LogP contribution in [0.25, 0.3) is 11.0 Å². The fourth-order valence-electron chi connectivity index (χ4n) is 3.22. The van der Waals surface area contributed by atoms with E-state index in [1.165, 1.54) is 0 Å². The van der Waals surface area contributed by atoms with Gasteiger partial charge in [-0.3, -0.25) is 14.5 Å². The first kappa shape index (κ1) is 18.2. The molecule has 3 aromatic rings. The Morgan fingerprint density at radius 2 is 2.07 bits per heavy atom. The number of nitrogens with one attached hydrogen (secondary N) is 2. The fraction of sp³-hybridized carbons (Fsp3) is 0.250. The minimum Gasteiger partial charge on any atom is -0.458 e. The van der Waals surface area contributed by atoms with Gasteiger partial charge in [0, 0.05) is 16.8 Å². The van der Waals surface area contributed by atoms with Crippen LogP contribution in [0.15, 0.2) is 52.3 Å². The van der Waals surface area contributed by atoms with Crippen molar-refractivity contribution in [2.75, 3.05) is 13.1 Å². The number of imide groups is 1. The van der Waals surface area contributed by atoms with Crippen LogP contribution >= 0.6 is 11.3 Å². The molecule has 2 N–H and O–H groups in total. The van der Waals surface area contributed by atoms with Crippen molar-refractivity contribution < 1.29 is 18.8 Å². The van der Waals surface area contributed by atoms with E-state index in [9.17, 15) is 14.4 Å². The second-order valence-electron chi connectivity index (χ2n) is 6.77. The molecule has 7 nitrogen and oxygen atoms in total. The van der Waals surface area contributed by atoms with Gasteiger partial charge in [0.25, 0.3) is 5.91 Å². The molecular weight excluding hydrogens is 378 g/mol. The third-order valence-corrected chi connectivity index (χ3v) is 5.70. The highest BCUT2D eigenvalue weighted by molar-refractivity contribution is 7.09. The van der Waals surface area contributed by atoms with E-state index in [-0.39, 0.29) is 12.5 Å². The van der Waals surface area contributed by atoms with Crippen molar-refractivity contribution in [1.29, 1.82) is 0 Å². The number of furan rings is 1. The van der Waals surface area contributed by atoms with Gasteiger partial charge in [0.05, 0.1) is 0 Å². The predicted molar refractivity (Wildman–Crippen MR) is 105 cm³/mol. The van der Waals surface area contributed by atoms with Crippen LogP contribution in [0.5, 0.6) is 0 Å². The van der Waals surface area contributed by atoms with E-state index in [2.05, 4.69) is 10.6 Å². The SMILES string of the molecule is CC1(c2cc3ccccc3o2)NC(=O)N(CC(=O)NCCc2cccs2)C1=O. The van der Waals surface area contributed by atoms with Crippen LogP contribution in [0.3, 0.4) is 0 Å². The van der Waals surface area contributed by atoms with Gasteiger partial charge in [-0.25, -0.2) is 4.79 Å². The second kappa shape index (κ2) is 7.12. The molecule has 0 saturated carbocycles. The highest BCUT2D eigenvalue weighted by Gasteiger charge is 2.51. The van der Waals surface area contributed by atoms with Gasteiger partial charge >= 0.3 is 6.03 Å². The van der Waals surface area contributed by atoms with Crippen LogP contribution in [-0.2, 0) is 21.5 Å². The molecule has 28 heavy (non-hydrogen) atoms. The molecule has 144 valence electrons. The molecule has 4 amide bonds. The minimum atomic E-state index is -1.34. The second-order valence-corrected chi connectivity index (χ2v) is 7.81. The molecule has 0 spiro atoms. The molecule has 1 aliphatic rings. The Labute approximate surface area is 165 Å². The van der Waals surface area contributed by atoms with Gasteiger partial charge in [-0.2, -0.15) is 0 Å². The topological polar surface area (TPSA) is 91.7 Å². The molecule has 8 heteroatoms. The van der Waals surface area contributed by atoms with E-state index in [0.29, 0.717) is 24.3 Å². The Kier molecular flexibility index (Phi) is 4.64. The maximum Gasteiger partial charge on any atom is 0.325 e. The molecular formula is C20H19N3O4S. The Bertz CT molecular complexity index is 1010. The summed E-state index contributed by atoms with van der Waals surface area (Å²) < 4.78 is 5.77. The van der Waals surface area contributed by atoms with Gasteiger partial charge in [-0.15, -0.1) is 11.3 Å². The van der Waals surface area contributed by atoms with Crippen molar-refractivity contribution in [3.8, 4) is 0 Å². The Balaban J connectivity index is 1.43. The quantitative estimate of drug-likeness (QED) is 0.626. The van der Waals surface area contributed by atoms with Crippen LogP contribution in [0, 0.1) is 0 Å². The first-order valence-corrected chi connectivity index (χ1v) is 9.77. The molecule has 0 radical (unpaired) electrons. The summed E-state index contributed by atoms with van der Waals surface area (Å²) >= 11 is 1.62. The van der Waals surface area contributed by atoms with Gasteiger partial charge in [0.15, 0.2) is 5.54 Å². The number of benzene rings is 1. The van der Waals surface area contributed by atoms with Crippen LogP contribution in [0.1, 0.15) is 17.6 Å². The number of amides is 4. The number of thiophene rings is 1. The summed E-state index contributed by atoms with van der Waals surface area (Å²) in [4.78, 5) is 39.6. The zero-order valence-corrected chi connectivity index (χ0v) is 16.0. The summed E-state index contributed by atoms with van der Waals surface area (Å²) in [7, 11) is 0. The van der Waals surface area contributed by atoms with E-state index in [4.69, 9.17) is 4.42 Å². The number of nitrogens with zero attached hydrogens (tertiary/aromatic N) is 1. The van der Waals surface area contributed by atoms with Gasteiger partial charge in [-0.1, -0.05) is 24.3 Å². The van der Waals surface area contributed by atoms with Crippen LogP contribution in [-0.4, -0.2) is 35.8 Å². The van der Waals surface area contributed by atoms with Crippen molar-refractivity contribution in [3.63, 3.8) is 0 Å². The molecule has 1 unspecified atom stereocenters. The highest BCUT2D eigenvalue weighted by atomic mass is 32.1. The zero-order chi connectivity index (χ0) is 19.7. The van der Waals surface area contributed by atoms with Crippen molar-refractivity contribution in [2.45, 2.75) is 18.9 Å². The lowest BCUT2D eigenvalue weighted by molar-refractivity contribution is -0.135. The smallest absolute Gasteiger partial charge is 0.325 e. The van der Waals surface area contributed by atoms with Crippen LogP contribution < -0.4 is 10.6 Å². The van der Waals surface area contributed by atoms with E-state index in [0.717, 1.165) is 15.2 Å². The van der Waals surface area contributed by atoms with Gasteiger partial charge in [0.1, 0.15) is 17.9 Å². The van der Waals surface area contributed by atoms with Gasteiger partial charge in [-0.05, 0) is 36.9 Å². The lowest BCUT2D eigenvalue weighted by atomic mass is 9.99. The molecule has 0 bridgehead atoms. The first-order valence-electron chi connectivity index (χ1n) is 8.89. The zero-order valence-electron chi connectivity index (χ0n) is 15.2. The maximum absolute atomic E-state index is 12.9. The van der Waals surface area contributed by atoms with Crippen molar-refractivity contribution in [1.82, 2.24) is 15.5 Å². The minimum absolute atomic E-state index is 0.328. The number of hydrogen-bond acceptors (Lipinski definition) is 5. The number of fused-ring (bicyclic) bond motifs is 1. The third-order valence-electron chi connectivity index (χ3n) is 4.77. The molecule has 1 aromatic carbocycles. The van der Waals surface area contributed by atoms with Crippen molar-refractivity contribution in [2.24, 2.45) is 0 Å². The highest BCUT2D eigenvalue weighted by Crippen LogP contribution is 2.32. The van der Waals surface area contributed by atoms with Crippen molar-refractivity contribution in [3.05, 3.63) is 58.5 Å². The lowest BCUT2D eigenvalue weighted by Gasteiger charge is -2.18. The average molecular weight is 397 g/mol. The standard InChI is InChI=1S/C20H19N3O4S/c1-20(16-11-13-5-2-3-7-15(13)27-16)18(25)23(19(26)22-20)12-17(24)21-9-8-14-6-4-10-28-14/h2-7,10-11H,8-9,12H2,1H3,(H,21,24)(H,22,26). The molecule has 2 aromatic heterocycles. The Morgan fingerprint density at radius 3 is 2.82 bits per heavy atom. The van der Waals surface area contributed by atoms with E-state index in [1.807, 2.05) is 35.7 Å². The summed E-state index contributed by atoms with van der Waals surface area (Å²) in [5, 5.41) is 8.22. The largest absolute Gasteiger partial charge is 0.458 e. The first-order chi connectivity index (χ1) is 13.5. The molecule has 0 aliphatic carbocycles. The van der Waals surface area contributed by atoms with Gasteiger partial charge in [0.2, 0.25) is 5.91 Å². The summed E-state index contributed by atoms with van der Waals surface area (Å²) in [6, 6.07) is 12.4. The monoisotopic (exact) mass is 397 g/mol. The predicted octanol–water partition coefficient (Wildman–Crippen LogP) is 2.62. The molecule has 3 heterocycles. The number of hydrogen-bond donors (Lipinski definition) is 2. The number of carbonyl (C=O) groups excluding carboxylic acids is 3. The molecule has 1 aliphatic heterocycles. The number of carbonyl (C=O) groups is 3. The summed E-state index contributed by atoms with van der Waals surface area (Å²) in [6.45, 7) is 1.70. The van der Waals surface area contributed by atoms with E-state index >= 15 is 0 Å². The summed E-state index contributed by atoms with van der Waals surface area (Å²) in [6.07, 6.45) is 0.709. The van der Waals surface area contributed by atoms with E-state index < -0.39 is 17.5 Å². The van der Waals surface area contributed by atoms with Crippen LogP contribution in [0.2, 0.25) is 0 Å². The molecule has 1 saturated heterocycles. The van der Waals surface area contributed by atoms with Crippen molar-refractivity contribution >= 4 is 40.2 Å². The molecule has 4 rings (SSSR count). The summed E-state index contributed by atoms with van der Waals surface area (Å²) in [5.74, 6) is -0.550.